The lowest BCUT2D eigenvalue weighted by molar-refractivity contribution is 0.298. The summed E-state index contributed by atoms with van der Waals surface area (Å²) < 4.78 is 0. The zero-order valence-corrected chi connectivity index (χ0v) is 11.6. The van der Waals surface area contributed by atoms with E-state index in [1.54, 1.807) is 0 Å². The molecule has 1 rings (SSSR count). The van der Waals surface area contributed by atoms with Crippen LogP contribution in [0.1, 0.15) is 52.9 Å². The lowest BCUT2D eigenvalue weighted by atomic mass is 9.92. The second-order valence-corrected chi connectivity index (χ2v) is 6.17. The molecule has 0 aromatic carbocycles. The molecule has 1 nitrogen and oxygen atoms in total. The monoisotopic (exact) mass is 229 g/mol. The van der Waals surface area contributed by atoms with Crippen LogP contribution >= 0.6 is 11.8 Å². The molecule has 1 aliphatic carbocycles. The highest BCUT2D eigenvalue weighted by molar-refractivity contribution is 7.99. The largest absolute Gasteiger partial charge is 0.310 e. The summed E-state index contributed by atoms with van der Waals surface area (Å²) in [5, 5.41) is 4.74. The normalized spacial score (nSPS) is 29.4. The van der Waals surface area contributed by atoms with Crippen LogP contribution in [0.5, 0.6) is 0 Å². The van der Waals surface area contributed by atoms with Crippen LogP contribution in [0, 0.1) is 5.92 Å². The molecule has 0 aromatic rings. The van der Waals surface area contributed by atoms with Gasteiger partial charge in [-0.05, 0) is 31.4 Å². The fourth-order valence-electron chi connectivity index (χ4n) is 2.63. The predicted molar refractivity (Wildman–Crippen MR) is 71.6 cm³/mol. The second-order valence-electron chi connectivity index (χ2n) is 5.09. The van der Waals surface area contributed by atoms with Crippen LogP contribution in [0.25, 0.3) is 0 Å². The van der Waals surface area contributed by atoms with Gasteiger partial charge in [0.2, 0.25) is 0 Å². The van der Waals surface area contributed by atoms with Crippen molar-refractivity contribution in [2.45, 2.75) is 70.2 Å². The minimum absolute atomic E-state index is 0.711. The quantitative estimate of drug-likeness (QED) is 0.772. The summed E-state index contributed by atoms with van der Waals surface area (Å²) in [7, 11) is 0. The van der Waals surface area contributed by atoms with Gasteiger partial charge in [-0.2, -0.15) is 11.8 Å². The van der Waals surface area contributed by atoms with Crippen LogP contribution in [-0.4, -0.2) is 23.6 Å². The Morgan fingerprint density at radius 2 is 1.93 bits per heavy atom. The molecule has 0 amide bonds. The third-order valence-electron chi connectivity index (χ3n) is 3.68. The van der Waals surface area contributed by atoms with E-state index in [1.165, 1.54) is 32.1 Å². The predicted octanol–water partition coefficient (Wildman–Crippen LogP) is 3.68. The summed E-state index contributed by atoms with van der Waals surface area (Å²) in [5.41, 5.74) is 0. The van der Waals surface area contributed by atoms with Crippen LogP contribution in [-0.2, 0) is 0 Å². The second kappa shape index (κ2) is 6.80. The van der Waals surface area contributed by atoms with Gasteiger partial charge < -0.3 is 5.32 Å². The fourth-order valence-corrected chi connectivity index (χ4v) is 3.57. The van der Waals surface area contributed by atoms with Gasteiger partial charge in [0, 0.05) is 17.3 Å². The lowest BCUT2D eigenvalue weighted by Crippen LogP contribution is -2.47. The molecular formula is C13H27NS. The van der Waals surface area contributed by atoms with Crippen LogP contribution in [0.15, 0.2) is 0 Å². The molecule has 3 atom stereocenters. The Kier molecular flexibility index (Phi) is 6.06. The first-order valence-electron chi connectivity index (χ1n) is 6.47. The Balaban J connectivity index is 2.46. The van der Waals surface area contributed by atoms with Crippen LogP contribution in [0.2, 0.25) is 0 Å². The van der Waals surface area contributed by atoms with Crippen molar-refractivity contribution in [3.63, 3.8) is 0 Å². The summed E-state index contributed by atoms with van der Waals surface area (Å²) in [6.45, 7) is 6.96. The standard InChI is InChI=1S/C13H27NS/c1-5-11(10(2)3)14-12-8-6-7-9-13(12)15-4/h10-14H,5-9H2,1-4H3. The fraction of sp³-hybridized carbons (Fsp3) is 1.00. The van der Waals surface area contributed by atoms with Gasteiger partial charge in [-0.15, -0.1) is 0 Å². The summed E-state index contributed by atoms with van der Waals surface area (Å²) in [6, 6.07) is 1.48. The molecule has 0 radical (unpaired) electrons. The van der Waals surface area contributed by atoms with Crippen molar-refractivity contribution in [2.75, 3.05) is 6.26 Å². The zero-order chi connectivity index (χ0) is 11.3. The SMILES string of the molecule is CCC(NC1CCCCC1SC)C(C)C. The minimum Gasteiger partial charge on any atom is -0.310 e. The van der Waals surface area contributed by atoms with E-state index in [1.807, 2.05) is 0 Å². The highest BCUT2D eigenvalue weighted by atomic mass is 32.2. The van der Waals surface area contributed by atoms with E-state index in [-0.39, 0.29) is 0 Å². The first kappa shape index (κ1) is 13.4. The van der Waals surface area contributed by atoms with Crippen LogP contribution < -0.4 is 5.32 Å². The highest BCUT2D eigenvalue weighted by Crippen LogP contribution is 2.28. The molecule has 0 bridgehead atoms. The molecule has 0 aromatic heterocycles. The van der Waals surface area contributed by atoms with E-state index in [4.69, 9.17) is 0 Å². The van der Waals surface area contributed by atoms with Crippen molar-refractivity contribution in [1.82, 2.24) is 5.32 Å². The van der Waals surface area contributed by atoms with Crippen molar-refractivity contribution in [3.8, 4) is 0 Å². The molecule has 0 spiro atoms. The van der Waals surface area contributed by atoms with Gasteiger partial charge in [0.15, 0.2) is 0 Å². The number of hydrogen-bond donors (Lipinski definition) is 1. The van der Waals surface area contributed by atoms with Gasteiger partial charge in [0.1, 0.15) is 0 Å². The molecule has 0 heterocycles. The molecule has 3 unspecified atom stereocenters. The van der Waals surface area contributed by atoms with Crippen LogP contribution in [0.4, 0.5) is 0 Å². The number of hydrogen-bond acceptors (Lipinski definition) is 2. The molecule has 15 heavy (non-hydrogen) atoms. The Morgan fingerprint density at radius 3 is 2.47 bits per heavy atom. The topological polar surface area (TPSA) is 12.0 Å². The van der Waals surface area contributed by atoms with E-state index in [9.17, 15) is 0 Å². The number of nitrogens with one attached hydrogen (secondary N) is 1. The average Bonchev–Trinajstić information content (AvgIpc) is 2.25. The van der Waals surface area contributed by atoms with Gasteiger partial charge >= 0.3 is 0 Å². The van der Waals surface area contributed by atoms with Crippen LogP contribution in [0.3, 0.4) is 0 Å². The third kappa shape index (κ3) is 3.99. The summed E-state index contributed by atoms with van der Waals surface area (Å²) in [6.07, 6.45) is 9.17. The lowest BCUT2D eigenvalue weighted by Gasteiger charge is -2.35. The van der Waals surface area contributed by atoms with Gasteiger partial charge in [-0.25, -0.2) is 0 Å². The van der Waals surface area contributed by atoms with Gasteiger partial charge in [0.25, 0.3) is 0 Å². The number of rotatable bonds is 5. The first-order chi connectivity index (χ1) is 7.19. The third-order valence-corrected chi connectivity index (χ3v) is 4.85. The maximum atomic E-state index is 3.89. The van der Waals surface area contributed by atoms with E-state index < -0.39 is 0 Å². The Morgan fingerprint density at radius 1 is 1.27 bits per heavy atom. The van der Waals surface area contributed by atoms with E-state index >= 15 is 0 Å². The molecule has 2 heteroatoms. The molecule has 0 saturated heterocycles. The Hall–Kier alpha value is 0.310. The summed E-state index contributed by atoms with van der Waals surface area (Å²) >= 11 is 2.06. The summed E-state index contributed by atoms with van der Waals surface area (Å²) in [5.74, 6) is 0.763. The molecule has 1 fully saturated rings. The molecule has 1 saturated carbocycles. The smallest absolute Gasteiger partial charge is 0.0198 e. The summed E-state index contributed by atoms with van der Waals surface area (Å²) in [4.78, 5) is 0. The maximum Gasteiger partial charge on any atom is 0.0198 e. The van der Waals surface area contributed by atoms with E-state index in [0.29, 0.717) is 6.04 Å². The maximum absolute atomic E-state index is 3.89. The first-order valence-corrected chi connectivity index (χ1v) is 7.76. The molecule has 1 N–H and O–H groups in total. The van der Waals surface area contributed by atoms with Crippen molar-refractivity contribution in [2.24, 2.45) is 5.92 Å². The van der Waals surface area contributed by atoms with Gasteiger partial charge in [0.05, 0.1) is 0 Å². The van der Waals surface area contributed by atoms with Gasteiger partial charge in [-0.3, -0.25) is 0 Å². The van der Waals surface area contributed by atoms with Crippen molar-refractivity contribution < 1.29 is 0 Å². The molecular weight excluding hydrogens is 202 g/mol. The van der Waals surface area contributed by atoms with E-state index in [0.717, 1.165) is 17.2 Å². The highest BCUT2D eigenvalue weighted by Gasteiger charge is 2.26. The Labute approximate surface area is 99.8 Å². The van der Waals surface area contributed by atoms with E-state index in [2.05, 4.69) is 44.1 Å². The number of thioether (sulfide) groups is 1. The average molecular weight is 229 g/mol. The van der Waals surface area contributed by atoms with Crippen molar-refractivity contribution in [1.29, 1.82) is 0 Å². The van der Waals surface area contributed by atoms with Gasteiger partial charge in [-0.1, -0.05) is 33.6 Å². The van der Waals surface area contributed by atoms with Crippen molar-refractivity contribution in [3.05, 3.63) is 0 Å². The molecule has 0 aliphatic heterocycles. The van der Waals surface area contributed by atoms with Crippen molar-refractivity contribution >= 4 is 11.8 Å². The molecule has 1 aliphatic rings. The zero-order valence-electron chi connectivity index (χ0n) is 10.8. The Bertz CT molecular complexity index is 170. The molecule has 90 valence electrons. The minimum atomic E-state index is 0.711.